The highest BCUT2D eigenvalue weighted by Crippen LogP contribution is 2.25. The van der Waals surface area contributed by atoms with E-state index < -0.39 is 6.10 Å². The van der Waals surface area contributed by atoms with E-state index in [2.05, 4.69) is 0 Å². The maximum Gasteiger partial charge on any atom is 0.139 e. The fourth-order valence-electron chi connectivity index (χ4n) is 1.46. The molecule has 0 aliphatic carbocycles. The van der Waals surface area contributed by atoms with Crippen molar-refractivity contribution < 1.29 is 13.9 Å². The molecule has 1 aromatic heterocycles. The Morgan fingerprint density at radius 1 is 1.20 bits per heavy atom. The minimum absolute atomic E-state index is 0.317. The largest absolute Gasteiger partial charge is 0.466 e. The zero-order valence-corrected chi connectivity index (χ0v) is 8.27. The van der Waals surface area contributed by atoms with Gasteiger partial charge < -0.3 is 9.52 Å². The van der Waals surface area contributed by atoms with E-state index in [1.807, 2.05) is 6.92 Å². The molecule has 2 nitrogen and oxygen atoms in total. The van der Waals surface area contributed by atoms with Crippen LogP contribution in [-0.4, -0.2) is 5.11 Å². The summed E-state index contributed by atoms with van der Waals surface area (Å²) in [6.07, 6.45) is 0.692. The predicted octanol–water partition coefficient (Wildman–Crippen LogP) is 2.81. The zero-order valence-electron chi connectivity index (χ0n) is 8.27. The third-order valence-electron chi connectivity index (χ3n) is 2.34. The molecule has 0 saturated carbocycles. The van der Waals surface area contributed by atoms with Gasteiger partial charge in [0, 0.05) is 0 Å². The number of halogens is 1. The van der Waals surface area contributed by atoms with E-state index in [-0.39, 0.29) is 5.82 Å². The first-order valence-corrected chi connectivity index (χ1v) is 4.66. The molecule has 1 heterocycles. The Morgan fingerprint density at radius 2 is 1.87 bits per heavy atom. The summed E-state index contributed by atoms with van der Waals surface area (Å²) in [4.78, 5) is 0. The number of aliphatic hydroxyl groups excluding tert-OH is 1. The van der Waals surface area contributed by atoms with E-state index in [9.17, 15) is 9.50 Å². The minimum Gasteiger partial charge on any atom is -0.466 e. The molecule has 0 fully saturated rings. The minimum atomic E-state index is -0.833. The van der Waals surface area contributed by atoms with Gasteiger partial charge in [0.05, 0.1) is 6.26 Å². The predicted molar refractivity (Wildman–Crippen MR) is 53.9 cm³/mol. The molecule has 2 rings (SSSR count). The van der Waals surface area contributed by atoms with Crippen LogP contribution in [0, 0.1) is 12.7 Å². The highest BCUT2D eigenvalue weighted by molar-refractivity contribution is 5.28. The fraction of sp³-hybridized carbons (Fsp3) is 0.167. The van der Waals surface area contributed by atoms with Crippen LogP contribution in [0.4, 0.5) is 4.39 Å². The lowest BCUT2D eigenvalue weighted by Crippen LogP contribution is -1.99. The molecule has 0 radical (unpaired) electrons. The van der Waals surface area contributed by atoms with Crippen molar-refractivity contribution in [2.45, 2.75) is 13.0 Å². The van der Waals surface area contributed by atoms with Gasteiger partial charge in [0.25, 0.3) is 0 Å². The Morgan fingerprint density at radius 3 is 2.40 bits per heavy atom. The Labute approximate surface area is 87.0 Å². The number of rotatable bonds is 2. The van der Waals surface area contributed by atoms with E-state index in [1.54, 1.807) is 18.2 Å². The third-order valence-corrected chi connectivity index (χ3v) is 2.34. The third kappa shape index (κ3) is 1.92. The van der Waals surface area contributed by atoms with Crippen molar-refractivity contribution in [2.75, 3.05) is 0 Å². The lowest BCUT2D eigenvalue weighted by Gasteiger charge is -2.08. The number of benzene rings is 1. The van der Waals surface area contributed by atoms with Crippen LogP contribution in [-0.2, 0) is 0 Å². The maximum atomic E-state index is 12.7. The molecule has 1 atom stereocenters. The van der Waals surface area contributed by atoms with Crippen LogP contribution in [0.1, 0.15) is 23.0 Å². The Kier molecular flexibility index (Phi) is 2.56. The van der Waals surface area contributed by atoms with Crippen LogP contribution < -0.4 is 0 Å². The summed E-state index contributed by atoms with van der Waals surface area (Å²) in [5, 5.41) is 9.94. The van der Waals surface area contributed by atoms with Crippen molar-refractivity contribution in [3.05, 3.63) is 59.3 Å². The average Bonchev–Trinajstić information content (AvgIpc) is 2.65. The molecule has 0 bridgehead atoms. The fourth-order valence-corrected chi connectivity index (χ4v) is 1.46. The molecule has 15 heavy (non-hydrogen) atoms. The summed E-state index contributed by atoms with van der Waals surface area (Å²) >= 11 is 0. The SMILES string of the molecule is Cc1ccoc1C(O)c1ccc(F)cc1. The Bertz CT molecular complexity index is 445. The normalized spacial score (nSPS) is 12.7. The Hall–Kier alpha value is -1.61. The summed E-state index contributed by atoms with van der Waals surface area (Å²) in [7, 11) is 0. The summed E-state index contributed by atoms with van der Waals surface area (Å²) in [6, 6.07) is 7.50. The highest BCUT2D eigenvalue weighted by Gasteiger charge is 2.15. The molecule has 0 aliphatic rings. The number of aliphatic hydroxyl groups is 1. The number of hydrogen-bond acceptors (Lipinski definition) is 2. The van der Waals surface area contributed by atoms with Crippen LogP contribution in [0.3, 0.4) is 0 Å². The summed E-state index contributed by atoms with van der Waals surface area (Å²) in [5.74, 6) is 0.184. The van der Waals surface area contributed by atoms with Gasteiger partial charge in [0.15, 0.2) is 0 Å². The average molecular weight is 206 g/mol. The van der Waals surface area contributed by atoms with Crippen LogP contribution in [0.5, 0.6) is 0 Å². The summed E-state index contributed by atoms with van der Waals surface area (Å²) in [6.45, 7) is 1.85. The first-order valence-electron chi connectivity index (χ1n) is 4.66. The number of furan rings is 1. The van der Waals surface area contributed by atoms with E-state index in [0.717, 1.165) is 5.56 Å². The lowest BCUT2D eigenvalue weighted by molar-refractivity contribution is 0.188. The first kappa shape index (κ1) is 9.93. The van der Waals surface area contributed by atoms with Crippen LogP contribution in [0.15, 0.2) is 41.0 Å². The van der Waals surface area contributed by atoms with Crippen molar-refractivity contribution in [1.82, 2.24) is 0 Å². The van der Waals surface area contributed by atoms with Gasteiger partial charge in [-0.05, 0) is 36.2 Å². The standard InChI is InChI=1S/C12H11FO2/c1-8-6-7-15-12(8)11(14)9-2-4-10(13)5-3-9/h2-7,11,14H,1H3. The molecule has 3 heteroatoms. The maximum absolute atomic E-state index is 12.7. The highest BCUT2D eigenvalue weighted by atomic mass is 19.1. The van der Waals surface area contributed by atoms with Crippen LogP contribution in [0.25, 0.3) is 0 Å². The second-order valence-corrected chi connectivity index (χ2v) is 3.42. The van der Waals surface area contributed by atoms with Gasteiger partial charge in [-0.2, -0.15) is 0 Å². The van der Waals surface area contributed by atoms with E-state index in [4.69, 9.17) is 4.42 Å². The molecule has 1 aromatic carbocycles. The van der Waals surface area contributed by atoms with Crippen LogP contribution >= 0.6 is 0 Å². The van der Waals surface area contributed by atoms with Crippen molar-refractivity contribution in [3.63, 3.8) is 0 Å². The molecule has 2 aromatic rings. The van der Waals surface area contributed by atoms with Crippen LogP contribution in [0.2, 0.25) is 0 Å². The molecule has 78 valence electrons. The smallest absolute Gasteiger partial charge is 0.139 e. The van der Waals surface area contributed by atoms with Crippen molar-refractivity contribution in [2.24, 2.45) is 0 Å². The second kappa shape index (κ2) is 3.87. The molecule has 1 N–H and O–H groups in total. The topological polar surface area (TPSA) is 33.4 Å². The number of hydrogen-bond donors (Lipinski definition) is 1. The van der Waals surface area contributed by atoms with Gasteiger partial charge in [-0.25, -0.2) is 4.39 Å². The van der Waals surface area contributed by atoms with E-state index in [0.29, 0.717) is 11.3 Å². The van der Waals surface area contributed by atoms with Gasteiger partial charge in [0.1, 0.15) is 17.7 Å². The number of aryl methyl sites for hydroxylation is 1. The van der Waals surface area contributed by atoms with Gasteiger partial charge in [-0.1, -0.05) is 12.1 Å². The molecule has 0 spiro atoms. The molecular weight excluding hydrogens is 195 g/mol. The monoisotopic (exact) mass is 206 g/mol. The summed E-state index contributed by atoms with van der Waals surface area (Å²) < 4.78 is 17.8. The van der Waals surface area contributed by atoms with E-state index >= 15 is 0 Å². The second-order valence-electron chi connectivity index (χ2n) is 3.42. The molecular formula is C12H11FO2. The molecule has 0 aliphatic heterocycles. The van der Waals surface area contributed by atoms with Crippen molar-refractivity contribution >= 4 is 0 Å². The quantitative estimate of drug-likeness (QED) is 0.819. The van der Waals surface area contributed by atoms with Gasteiger partial charge in [-0.3, -0.25) is 0 Å². The lowest BCUT2D eigenvalue weighted by atomic mass is 10.1. The van der Waals surface area contributed by atoms with Gasteiger partial charge >= 0.3 is 0 Å². The van der Waals surface area contributed by atoms with Crippen molar-refractivity contribution in [1.29, 1.82) is 0 Å². The van der Waals surface area contributed by atoms with Crippen molar-refractivity contribution in [3.8, 4) is 0 Å². The molecule has 1 unspecified atom stereocenters. The zero-order chi connectivity index (χ0) is 10.8. The molecule has 0 amide bonds. The first-order chi connectivity index (χ1) is 7.18. The Balaban J connectivity index is 2.32. The van der Waals surface area contributed by atoms with Gasteiger partial charge in [0.2, 0.25) is 0 Å². The van der Waals surface area contributed by atoms with E-state index in [1.165, 1.54) is 18.4 Å². The molecule has 0 saturated heterocycles. The summed E-state index contributed by atoms with van der Waals surface area (Å²) in [5.41, 5.74) is 1.50. The van der Waals surface area contributed by atoms with Gasteiger partial charge in [-0.15, -0.1) is 0 Å².